The Balaban J connectivity index is 1.17. The van der Waals surface area contributed by atoms with Crippen molar-refractivity contribution in [1.82, 2.24) is 20.2 Å². The predicted molar refractivity (Wildman–Crippen MR) is 149 cm³/mol. The molecule has 37 heavy (non-hydrogen) atoms. The first kappa shape index (κ1) is 25.0. The fourth-order valence-corrected chi connectivity index (χ4v) is 4.97. The van der Waals surface area contributed by atoms with Crippen molar-refractivity contribution < 1.29 is 4.79 Å². The average Bonchev–Trinajstić information content (AvgIpc) is 2.94. The van der Waals surface area contributed by atoms with Crippen LogP contribution >= 0.6 is 0 Å². The highest BCUT2D eigenvalue weighted by Gasteiger charge is 2.26. The van der Waals surface area contributed by atoms with Crippen LogP contribution in [0, 0.1) is 12.8 Å². The summed E-state index contributed by atoms with van der Waals surface area (Å²) in [5.41, 5.74) is 4.55. The summed E-state index contributed by atoms with van der Waals surface area (Å²) in [4.78, 5) is 29.1. The van der Waals surface area contributed by atoms with Gasteiger partial charge >= 0.3 is 0 Å². The van der Waals surface area contributed by atoms with Crippen molar-refractivity contribution in [2.75, 3.05) is 61.4 Å². The molecule has 8 heteroatoms. The number of hydrogen-bond acceptors (Lipinski definition) is 7. The minimum atomic E-state index is -0.0484. The van der Waals surface area contributed by atoms with Crippen molar-refractivity contribution >= 4 is 29.0 Å². The monoisotopic (exact) mass is 499 g/mol. The minimum absolute atomic E-state index is 0.0484. The van der Waals surface area contributed by atoms with Crippen molar-refractivity contribution in [3.63, 3.8) is 0 Å². The Hall–Kier alpha value is -3.65. The van der Waals surface area contributed by atoms with Crippen LogP contribution in [0.25, 0.3) is 0 Å². The van der Waals surface area contributed by atoms with Crippen molar-refractivity contribution in [3.05, 3.63) is 71.9 Å². The Bertz CT molecular complexity index is 1170. The van der Waals surface area contributed by atoms with Crippen LogP contribution in [0.3, 0.4) is 0 Å². The number of carbonyl (C=O) groups excluding carboxylic acids is 1. The second-order valence-corrected chi connectivity index (χ2v) is 10.2. The number of hydrogen-bond donors (Lipinski definition) is 2. The van der Waals surface area contributed by atoms with Gasteiger partial charge in [-0.2, -0.15) is 4.98 Å². The maximum absolute atomic E-state index is 12.9. The fraction of sp³-hybridized carbons (Fsp3) is 0.414. The van der Waals surface area contributed by atoms with Gasteiger partial charge in [-0.25, -0.2) is 4.98 Å². The molecular weight excluding hydrogens is 462 g/mol. The summed E-state index contributed by atoms with van der Waals surface area (Å²) in [6.07, 6.45) is 3.64. The van der Waals surface area contributed by atoms with Gasteiger partial charge in [-0.3, -0.25) is 4.79 Å². The molecule has 0 unspecified atom stereocenters. The van der Waals surface area contributed by atoms with Crippen LogP contribution in [0.4, 0.5) is 23.1 Å². The quantitative estimate of drug-likeness (QED) is 0.512. The molecule has 2 aliphatic heterocycles. The first-order valence-corrected chi connectivity index (χ1v) is 13.3. The number of piperidine rings is 1. The number of amides is 1. The first-order chi connectivity index (χ1) is 18.0. The molecule has 194 valence electrons. The molecule has 0 aliphatic carbocycles. The Morgan fingerprint density at radius 1 is 0.946 bits per heavy atom. The molecule has 3 heterocycles. The third kappa shape index (κ3) is 6.57. The summed E-state index contributed by atoms with van der Waals surface area (Å²) in [5.74, 6) is 1.48. The van der Waals surface area contributed by atoms with Crippen LogP contribution < -0.4 is 20.4 Å². The van der Waals surface area contributed by atoms with E-state index >= 15 is 0 Å². The molecule has 5 rings (SSSR count). The molecule has 1 amide bonds. The molecule has 1 aromatic heterocycles. The largest absolute Gasteiger partial charge is 0.369 e. The van der Waals surface area contributed by atoms with Gasteiger partial charge in [0.1, 0.15) is 5.82 Å². The molecule has 0 saturated carbocycles. The highest BCUT2D eigenvalue weighted by atomic mass is 16.1. The second-order valence-electron chi connectivity index (χ2n) is 10.2. The number of aromatic nitrogens is 2. The van der Waals surface area contributed by atoms with Crippen LogP contribution in [-0.2, 0) is 11.3 Å². The van der Waals surface area contributed by atoms with Crippen LogP contribution in [-0.4, -0.2) is 67.1 Å². The summed E-state index contributed by atoms with van der Waals surface area (Å²) in [6, 6.07) is 18.7. The highest BCUT2D eigenvalue weighted by molar-refractivity contribution is 5.79. The van der Waals surface area contributed by atoms with Gasteiger partial charge in [-0.1, -0.05) is 29.8 Å². The lowest BCUT2D eigenvalue weighted by Crippen LogP contribution is -2.44. The summed E-state index contributed by atoms with van der Waals surface area (Å²) in [6.45, 7) is 8.46. The van der Waals surface area contributed by atoms with Gasteiger partial charge in [-0.05, 0) is 62.7 Å². The zero-order valence-electron chi connectivity index (χ0n) is 21.9. The van der Waals surface area contributed by atoms with E-state index in [1.165, 1.54) is 11.3 Å². The number of carbonyl (C=O) groups is 1. The van der Waals surface area contributed by atoms with Crippen LogP contribution in [0.2, 0.25) is 0 Å². The summed E-state index contributed by atoms with van der Waals surface area (Å²) in [5, 5.41) is 6.46. The zero-order chi connectivity index (χ0) is 25.6. The number of anilines is 4. The summed E-state index contributed by atoms with van der Waals surface area (Å²) in [7, 11) is 2.17. The molecule has 2 N–H and O–H groups in total. The van der Waals surface area contributed by atoms with Gasteiger partial charge in [0.25, 0.3) is 0 Å². The van der Waals surface area contributed by atoms with Gasteiger partial charge in [0.15, 0.2) is 0 Å². The van der Waals surface area contributed by atoms with Crippen molar-refractivity contribution in [2.24, 2.45) is 5.92 Å². The smallest absolute Gasteiger partial charge is 0.229 e. The summed E-state index contributed by atoms with van der Waals surface area (Å²) < 4.78 is 0. The number of aryl methyl sites for hydroxylation is 1. The normalized spacial score (nSPS) is 18.5. The van der Waals surface area contributed by atoms with E-state index in [0.717, 1.165) is 62.6 Å². The van der Waals surface area contributed by atoms with Gasteiger partial charge < -0.3 is 25.3 Å². The average molecular weight is 500 g/mol. The molecule has 2 aromatic carbocycles. The third-order valence-electron chi connectivity index (χ3n) is 7.34. The van der Waals surface area contributed by atoms with E-state index in [1.807, 2.05) is 6.07 Å². The molecule has 2 saturated heterocycles. The number of nitrogens with one attached hydrogen (secondary N) is 2. The highest BCUT2D eigenvalue weighted by Crippen LogP contribution is 2.24. The van der Waals surface area contributed by atoms with Crippen LogP contribution in [0.15, 0.2) is 60.8 Å². The maximum atomic E-state index is 12.9. The second kappa shape index (κ2) is 11.6. The number of benzene rings is 2. The van der Waals surface area contributed by atoms with Gasteiger partial charge in [0, 0.05) is 63.4 Å². The van der Waals surface area contributed by atoms with E-state index in [0.29, 0.717) is 19.0 Å². The summed E-state index contributed by atoms with van der Waals surface area (Å²) >= 11 is 0. The van der Waals surface area contributed by atoms with Crippen LogP contribution in [0.1, 0.15) is 24.0 Å². The van der Waals surface area contributed by atoms with E-state index < -0.39 is 0 Å². The molecular formula is C29H37N7O. The Kier molecular flexibility index (Phi) is 7.84. The molecule has 2 aliphatic rings. The standard InChI is InChI=1S/C29H37N7O/c1-22-5-7-23(8-6-22)20-31-28(37)24-4-3-15-36(21-24)27-13-14-30-29(33-27)32-25-9-11-26(12-10-25)35-18-16-34(2)17-19-35/h5-14,24H,3-4,15-21H2,1-2H3,(H,31,37)(H,30,32,33)/t24-/m0/s1. The number of likely N-dealkylation sites (N-methyl/N-ethyl adjacent to an activating group) is 1. The van der Waals surface area contributed by atoms with E-state index in [2.05, 4.69) is 92.8 Å². The number of nitrogens with zero attached hydrogens (tertiary/aromatic N) is 5. The van der Waals surface area contributed by atoms with Gasteiger partial charge in [-0.15, -0.1) is 0 Å². The Morgan fingerprint density at radius 2 is 1.70 bits per heavy atom. The fourth-order valence-electron chi connectivity index (χ4n) is 4.97. The first-order valence-electron chi connectivity index (χ1n) is 13.3. The topological polar surface area (TPSA) is 76.6 Å². The SMILES string of the molecule is Cc1ccc(CNC(=O)[C@H]2CCCN(c3ccnc(Nc4ccc(N5CCN(C)CC5)cc4)n3)C2)cc1. The van der Waals surface area contributed by atoms with E-state index in [9.17, 15) is 4.79 Å². The lowest BCUT2D eigenvalue weighted by atomic mass is 9.97. The van der Waals surface area contributed by atoms with Gasteiger partial charge in [0.05, 0.1) is 5.92 Å². The number of rotatable bonds is 7. The number of piperazine rings is 1. The molecule has 8 nitrogen and oxygen atoms in total. The Morgan fingerprint density at radius 3 is 2.46 bits per heavy atom. The Labute approximate surface area is 219 Å². The molecule has 3 aromatic rings. The van der Waals surface area contributed by atoms with Crippen molar-refractivity contribution in [3.8, 4) is 0 Å². The third-order valence-corrected chi connectivity index (χ3v) is 7.34. The molecule has 2 fully saturated rings. The minimum Gasteiger partial charge on any atom is -0.369 e. The maximum Gasteiger partial charge on any atom is 0.229 e. The van der Waals surface area contributed by atoms with E-state index in [-0.39, 0.29) is 11.8 Å². The lowest BCUT2D eigenvalue weighted by Gasteiger charge is -2.34. The zero-order valence-corrected chi connectivity index (χ0v) is 21.9. The molecule has 0 radical (unpaired) electrons. The molecule has 0 bridgehead atoms. The predicted octanol–water partition coefficient (Wildman–Crippen LogP) is 3.81. The lowest BCUT2D eigenvalue weighted by molar-refractivity contribution is -0.125. The van der Waals surface area contributed by atoms with E-state index in [1.54, 1.807) is 6.20 Å². The van der Waals surface area contributed by atoms with Crippen molar-refractivity contribution in [2.45, 2.75) is 26.3 Å². The molecule has 0 spiro atoms. The van der Waals surface area contributed by atoms with Crippen molar-refractivity contribution in [1.29, 1.82) is 0 Å². The van der Waals surface area contributed by atoms with Gasteiger partial charge in [0.2, 0.25) is 11.9 Å². The van der Waals surface area contributed by atoms with Crippen LogP contribution in [0.5, 0.6) is 0 Å². The van der Waals surface area contributed by atoms with E-state index in [4.69, 9.17) is 4.98 Å². The molecule has 1 atom stereocenters.